The van der Waals surface area contributed by atoms with Crippen molar-refractivity contribution < 1.29 is 0 Å². The van der Waals surface area contributed by atoms with E-state index in [1.807, 2.05) is 0 Å². The quantitative estimate of drug-likeness (QED) is 0.235. The number of hydrogen-bond acceptors (Lipinski definition) is 0. The van der Waals surface area contributed by atoms with Crippen molar-refractivity contribution in [3.05, 3.63) is 70.9 Å². The topological polar surface area (TPSA) is 0 Å². The molecule has 0 rings (SSSR count). The molecule has 0 saturated carbocycles. The maximum atomic E-state index is 3.94. The molecule has 30 heavy (non-hydrogen) atoms. The van der Waals surface area contributed by atoms with E-state index in [9.17, 15) is 0 Å². The van der Waals surface area contributed by atoms with Crippen LogP contribution in [0.3, 0.4) is 0 Å². The molecule has 0 N–H and O–H groups in total. The van der Waals surface area contributed by atoms with Crippen LogP contribution in [-0.4, -0.2) is 0 Å². The van der Waals surface area contributed by atoms with Gasteiger partial charge in [-0.2, -0.15) is 0 Å². The predicted molar refractivity (Wildman–Crippen MR) is 140 cm³/mol. The van der Waals surface area contributed by atoms with Crippen LogP contribution in [0.15, 0.2) is 70.9 Å². The Morgan fingerprint density at radius 2 is 1.23 bits per heavy atom. The summed E-state index contributed by atoms with van der Waals surface area (Å²) in [5, 5.41) is 0. The highest BCUT2D eigenvalue weighted by Gasteiger charge is 2.08. The third kappa shape index (κ3) is 16.3. The third-order valence-corrected chi connectivity index (χ3v) is 5.75. The van der Waals surface area contributed by atoms with Crippen LogP contribution in [0, 0.1) is 11.8 Å². The van der Waals surface area contributed by atoms with E-state index in [0.29, 0.717) is 11.8 Å². The summed E-state index contributed by atoms with van der Waals surface area (Å²) in [5.41, 5.74) is 7.48. The van der Waals surface area contributed by atoms with Crippen molar-refractivity contribution in [1.29, 1.82) is 0 Å². The number of hydrogen-bond donors (Lipinski definition) is 0. The Kier molecular flexibility index (Phi) is 16.3. The molecule has 0 bridgehead atoms. The van der Waals surface area contributed by atoms with E-state index in [1.165, 1.54) is 54.4 Å². The Morgan fingerprint density at radius 3 is 1.80 bits per heavy atom. The lowest BCUT2D eigenvalue weighted by Crippen LogP contribution is -2.00. The Labute approximate surface area is 189 Å². The van der Waals surface area contributed by atoms with Gasteiger partial charge in [-0.3, -0.25) is 0 Å². The molecule has 0 amide bonds. The molecule has 0 aliphatic heterocycles. The highest BCUT2D eigenvalue weighted by Crippen LogP contribution is 2.24. The van der Waals surface area contributed by atoms with Gasteiger partial charge in [-0.25, -0.2) is 0 Å². The molecule has 2 unspecified atom stereocenters. The standard InChI is InChI=1S/C30H50/c1-10-26(6)20-22-30(29(9)19-12-15-25(4)5)23-21-28(8)18-13-17-27(7)16-11-14-24(2)3/h10,14-15,17,21-22,26,29H,1,11-13,16,18-20,23H2,2-9H3/b27-17+,28-21-,30-22+. The van der Waals surface area contributed by atoms with Gasteiger partial charge < -0.3 is 0 Å². The van der Waals surface area contributed by atoms with Crippen LogP contribution in [0.1, 0.15) is 107 Å². The van der Waals surface area contributed by atoms with Gasteiger partial charge in [0.25, 0.3) is 0 Å². The minimum atomic E-state index is 0.550. The monoisotopic (exact) mass is 410 g/mol. The molecule has 0 aromatic carbocycles. The van der Waals surface area contributed by atoms with Gasteiger partial charge in [-0.05, 0) is 105 Å². The largest absolute Gasteiger partial charge is 0.103 e. The highest BCUT2D eigenvalue weighted by atomic mass is 14.1. The Balaban J connectivity index is 4.79. The Morgan fingerprint density at radius 1 is 0.700 bits per heavy atom. The van der Waals surface area contributed by atoms with Crippen LogP contribution in [0.25, 0.3) is 0 Å². The predicted octanol–water partition coefficient (Wildman–Crippen LogP) is 10.3. The maximum absolute atomic E-state index is 3.94. The summed E-state index contributed by atoms with van der Waals surface area (Å²) in [6.07, 6.45) is 23.4. The SMILES string of the molecule is C=CC(C)C/C=C(\C/C=C(/C)CC/C=C(\C)CCC=C(C)C)C(C)CCC=C(C)C. The van der Waals surface area contributed by atoms with Crippen molar-refractivity contribution in [2.75, 3.05) is 0 Å². The van der Waals surface area contributed by atoms with Crippen LogP contribution in [-0.2, 0) is 0 Å². The Bertz CT molecular complexity index is 625. The molecule has 0 aliphatic carbocycles. The molecule has 0 aromatic rings. The van der Waals surface area contributed by atoms with Crippen LogP contribution in [0.4, 0.5) is 0 Å². The minimum absolute atomic E-state index is 0.550. The molecular weight excluding hydrogens is 360 g/mol. The molecule has 0 aliphatic rings. The van der Waals surface area contributed by atoms with Gasteiger partial charge in [0.05, 0.1) is 0 Å². The van der Waals surface area contributed by atoms with Crippen molar-refractivity contribution in [3.8, 4) is 0 Å². The van der Waals surface area contributed by atoms with Crippen molar-refractivity contribution >= 4 is 0 Å². The first kappa shape index (κ1) is 28.4. The van der Waals surface area contributed by atoms with E-state index < -0.39 is 0 Å². The zero-order valence-corrected chi connectivity index (χ0v) is 21.5. The lowest BCUT2D eigenvalue weighted by atomic mass is 9.90. The zero-order chi connectivity index (χ0) is 22.9. The average Bonchev–Trinajstić information content (AvgIpc) is 2.66. The molecule has 0 saturated heterocycles. The Hall–Kier alpha value is -1.56. The maximum Gasteiger partial charge on any atom is -0.0134 e. The number of allylic oxidation sites excluding steroid dienone is 11. The molecule has 0 heterocycles. The van der Waals surface area contributed by atoms with Crippen molar-refractivity contribution in [3.63, 3.8) is 0 Å². The van der Waals surface area contributed by atoms with E-state index >= 15 is 0 Å². The van der Waals surface area contributed by atoms with E-state index in [0.717, 1.165) is 19.3 Å². The summed E-state index contributed by atoms with van der Waals surface area (Å²) in [6.45, 7) is 21.9. The van der Waals surface area contributed by atoms with Crippen LogP contribution < -0.4 is 0 Å². The van der Waals surface area contributed by atoms with Gasteiger partial charge in [0, 0.05) is 0 Å². The van der Waals surface area contributed by atoms with Crippen LogP contribution >= 0.6 is 0 Å². The van der Waals surface area contributed by atoms with E-state index in [4.69, 9.17) is 0 Å². The molecule has 0 spiro atoms. The molecule has 0 heteroatoms. The molecule has 0 nitrogen and oxygen atoms in total. The first-order chi connectivity index (χ1) is 14.1. The third-order valence-electron chi connectivity index (χ3n) is 5.75. The van der Waals surface area contributed by atoms with Gasteiger partial charge >= 0.3 is 0 Å². The van der Waals surface area contributed by atoms with Crippen LogP contribution in [0.2, 0.25) is 0 Å². The minimum Gasteiger partial charge on any atom is -0.103 e. The van der Waals surface area contributed by atoms with Crippen molar-refractivity contribution in [2.24, 2.45) is 11.8 Å². The smallest absolute Gasteiger partial charge is 0.0134 e. The summed E-state index contributed by atoms with van der Waals surface area (Å²) in [7, 11) is 0. The lowest BCUT2D eigenvalue weighted by Gasteiger charge is -2.16. The summed E-state index contributed by atoms with van der Waals surface area (Å²) >= 11 is 0. The lowest BCUT2D eigenvalue weighted by molar-refractivity contribution is 0.600. The zero-order valence-electron chi connectivity index (χ0n) is 21.5. The van der Waals surface area contributed by atoms with E-state index in [1.54, 1.807) is 5.57 Å². The fraction of sp³-hybridized carbons (Fsp3) is 0.600. The number of rotatable bonds is 15. The second-order valence-corrected chi connectivity index (χ2v) is 9.65. The van der Waals surface area contributed by atoms with Crippen molar-refractivity contribution in [2.45, 2.75) is 107 Å². The average molecular weight is 411 g/mol. The fourth-order valence-corrected chi connectivity index (χ4v) is 3.36. The molecule has 0 aromatic heterocycles. The summed E-state index contributed by atoms with van der Waals surface area (Å²) in [6, 6.07) is 0. The second-order valence-electron chi connectivity index (χ2n) is 9.65. The molecule has 2 atom stereocenters. The summed E-state index contributed by atoms with van der Waals surface area (Å²) in [5.74, 6) is 1.19. The molecule has 0 radical (unpaired) electrons. The second kappa shape index (κ2) is 17.2. The van der Waals surface area contributed by atoms with Gasteiger partial charge in [0.15, 0.2) is 0 Å². The molecule has 170 valence electrons. The van der Waals surface area contributed by atoms with Crippen LogP contribution in [0.5, 0.6) is 0 Å². The summed E-state index contributed by atoms with van der Waals surface area (Å²) in [4.78, 5) is 0. The highest BCUT2D eigenvalue weighted by molar-refractivity contribution is 5.15. The van der Waals surface area contributed by atoms with E-state index in [-0.39, 0.29) is 0 Å². The fourth-order valence-electron chi connectivity index (χ4n) is 3.36. The van der Waals surface area contributed by atoms with Crippen molar-refractivity contribution in [1.82, 2.24) is 0 Å². The van der Waals surface area contributed by atoms with E-state index in [2.05, 4.69) is 98.4 Å². The van der Waals surface area contributed by atoms with Gasteiger partial charge in [-0.15, -0.1) is 6.58 Å². The molecule has 0 fully saturated rings. The summed E-state index contributed by atoms with van der Waals surface area (Å²) < 4.78 is 0. The first-order valence-corrected chi connectivity index (χ1v) is 12.0. The van der Waals surface area contributed by atoms with Gasteiger partial charge in [0.2, 0.25) is 0 Å². The first-order valence-electron chi connectivity index (χ1n) is 12.0. The molecular formula is C30H50. The van der Waals surface area contributed by atoms with Gasteiger partial charge in [-0.1, -0.05) is 78.2 Å². The normalized spacial score (nSPS) is 14.9. The van der Waals surface area contributed by atoms with Gasteiger partial charge in [0.1, 0.15) is 0 Å².